The van der Waals surface area contributed by atoms with Gasteiger partial charge in [0.15, 0.2) is 0 Å². The molecule has 0 radical (unpaired) electrons. The molecule has 0 N–H and O–H groups in total. The van der Waals surface area contributed by atoms with E-state index < -0.39 is 13.3 Å². The summed E-state index contributed by atoms with van der Waals surface area (Å²) in [5.41, 5.74) is 0.954. The molecule has 0 amide bonds. The van der Waals surface area contributed by atoms with Crippen molar-refractivity contribution in [3.63, 3.8) is 0 Å². The Kier molecular flexibility index (Phi) is 4.50. The molecule has 3 heterocycles. The van der Waals surface area contributed by atoms with E-state index in [-0.39, 0.29) is 4.62 Å². The molecule has 0 fully saturated rings. The first-order valence-corrected chi connectivity index (χ1v) is 12.4. The standard InChI is InChI=1S/C21H16GeO4/c23-18(13-12-17-7-2-1-3-8-17)22(19-9-4-14-24-19,20-10-5-15-25-20)21-11-6-16-26-21/h1-16H/b13-12+. The van der Waals surface area contributed by atoms with Crippen LogP contribution >= 0.6 is 0 Å². The van der Waals surface area contributed by atoms with Gasteiger partial charge in [-0.2, -0.15) is 0 Å². The predicted octanol–water partition coefficient (Wildman–Crippen LogP) is 2.76. The van der Waals surface area contributed by atoms with Crippen molar-refractivity contribution in [3.8, 4) is 0 Å². The van der Waals surface area contributed by atoms with Crippen LogP contribution in [0.25, 0.3) is 6.08 Å². The molecule has 0 atom stereocenters. The van der Waals surface area contributed by atoms with Crippen LogP contribution in [0.5, 0.6) is 0 Å². The molecule has 0 bridgehead atoms. The van der Waals surface area contributed by atoms with Gasteiger partial charge in [-0.1, -0.05) is 0 Å². The number of rotatable bonds is 6. The van der Waals surface area contributed by atoms with Gasteiger partial charge in [-0.15, -0.1) is 0 Å². The third-order valence-corrected chi connectivity index (χ3v) is 12.6. The van der Waals surface area contributed by atoms with Crippen molar-refractivity contribution in [3.05, 3.63) is 97.2 Å². The summed E-state index contributed by atoms with van der Waals surface area (Å²) in [7, 11) is 0. The molecule has 0 spiro atoms. The molecule has 4 aromatic rings. The van der Waals surface area contributed by atoms with Crippen molar-refractivity contribution in [1.82, 2.24) is 0 Å². The zero-order valence-corrected chi connectivity index (χ0v) is 16.0. The molecule has 0 saturated carbocycles. The van der Waals surface area contributed by atoms with E-state index >= 15 is 0 Å². The number of carbonyl (C=O) groups is 1. The summed E-state index contributed by atoms with van der Waals surface area (Å²) >= 11 is -3.93. The van der Waals surface area contributed by atoms with E-state index in [1.165, 1.54) is 0 Å². The molecule has 0 aliphatic heterocycles. The van der Waals surface area contributed by atoms with Gasteiger partial charge >= 0.3 is 153 Å². The SMILES string of the molecule is O=[C](/C=C/c1ccccc1)[Ge]([c]1ccco1)([c]1ccco1)[c]1ccco1. The van der Waals surface area contributed by atoms with Crippen LogP contribution in [0.2, 0.25) is 0 Å². The maximum absolute atomic E-state index is 13.6. The first-order valence-electron chi connectivity index (χ1n) is 8.21. The minimum atomic E-state index is -3.93. The number of hydrogen-bond acceptors (Lipinski definition) is 4. The summed E-state index contributed by atoms with van der Waals surface area (Å²) < 4.78 is 19.0. The molecule has 128 valence electrons. The Morgan fingerprint density at radius 1 is 0.692 bits per heavy atom. The van der Waals surface area contributed by atoms with E-state index in [1.807, 2.05) is 54.6 Å². The molecule has 26 heavy (non-hydrogen) atoms. The summed E-state index contributed by atoms with van der Waals surface area (Å²) in [5, 5.41) is 0. The molecule has 0 aliphatic carbocycles. The fourth-order valence-electron chi connectivity index (χ4n) is 3.07. The van der Waals surface area contributed by atoms with Gasteiger partial charge in [-0.25, -0.2) is 0 Å². The summed E-state index contributed by atoms with van der Waals surface area (Å²) in [5.74, 6) is 0. The second-order valence-electron chi connectivity index (χ2n) is 5.79. The Labute approximate surface area is 153 Å². The van der Waals surface area contributed by atoms with E-state index in [0.717, 1.165) is 5.56 Å². The van der Waals surface area contributed by atoms with Crippen LogP contribution in [-0.2, 0) is 4.79 Å². The first-order chi connectivity index (χ1) is 12.8. The number of hydrogen-bond donors (Lipinski definition) is 0. The summed E-state index contributed by atoms with van der Waals surface area (Å²) in [6.07, 6.45) is 8.17. The van der Waals surface area contributed by atoms with Crippen molar-refractivity contribution in [1.29, 1.82) is 0 Å². The van der Waals surface area contributed by atoms with Gasteiger partial charge < -0.3 is 0 Å². The number of allylic oxidation sites excluding steroid dienone is 1. The van der Waals surface area contributed by atoms with E-state index in [2.05, 4.69) is 0 Å². The van der Waals surface area contributed by atoms with Crippen LogP contribution in [-0.4, -0.2) is 17.9 Å². The normalized spacial score (nSPS) is 11.8. The van der Waals surface area contributed by atoms with Crippen molar-refractivity contribution < 1.29 is 18.0 Å². The second-order valence-corrected chi connectivity index (χ2v) is 13.1. The Morgan fingerprint density at radius 3 is 1.62 bits per heavy atom. The molecule has 0 saturated heterocycles. The summed E-state index contributed by atoms with van der Waals surface area (Å²) in [6, 6.07) is 20.6. The van der Waals surface area contributed by atoms with Gasteiger partial charge in [0, 0.05) is 0 Å². The van der Waals surface area contributed by atoms with Crippen molar-refractivity contribution >= 4 is 37.7 Å². The summed E-state index contributed by atoms with van der Waals surface area (Å²) in [6.45, 7) is 0. The Balaban J connectivity index is 1.88. The second kappa shape index (κ2) is 7.09. The third-order valence-electron chi connectivity index (χ3n) is 4.27. The van der Waals surface area contributed by atoms with Crippen LogP contribution in [0.3, 0.4) is 0 Å². The van der Waals surface area contributed by atoms with Crippen LogP contribution in [0.15, 0.2) is 105 Å². The van der Waals surface area contributed by atoms with Crippen LogP contribution in [0.4, 0.5) is 0 Å². The van der Waals surface area contributed by atoms with Crippen molar-refractivity contribution in [2.24, 2.45) is 0 Å². The number of carbonyl (C=O) groups excluding carboxylic acids is 1. The first kappa shape index (κ1) is 16.5. The molecule has 4 nitrogen and oxygen atoms in total. The maximum atomic E-state index is 13.6. The Bertz CT molecular complexity index is 898. The van der Waals surface area contributed by atoms with E-state index in [4.69, 9.17) is 13.3 Å². The topological polar surface area (TPSA) is 56.5 Å². The molecule has 0 unspecified atom stereocenters. The molecular formula is C21H16GeO4. The fourth-order valence-corrected chi connectivity index (χ4v) is 10.5. The Hall–Kier alpha value is -2.99. The third kappa shape index (κ3) is 2.78. The van der Waals surface area contributed by atoms with E-state index in [1.54, 1.807) is 43.1 Å². The van der Waals surface area contributed by atoms with Crippen LogP contribution in [0.1, 0.15) is 5.56 Å². The van der Waals surface area contributed by atoms with Crippen molar-refractivity contribution in [2.45, 2.75) is 0 Å². The fraction of sp³-hybridized carbons (Fsp3) is 0. The molecule has 5 heteroatoms. The van der Waals surface area contributed by atoms with Gasteiger partial charge in [-0.3, -0.25) is 0 Å². The molecular weight excluding hydrogens is 389 g/mol. The van der Waals surface area contributed by atoms with Gasteiger partial charge in [0.2, 0.25) is 0 Å². The van der Waals surface area contributed by atoms with Gasteiger partial charge in [0.25, 0.3) is 0 Å². The van der Waals surface area contributed by atoms with Crippen molar-refractivity contribution in [2.75, 3.05) is 0 Å². The quantitative estimate of drug-likeness (QED) is 0.366. The zero-order valence-electron chi connectivity index (χ0n) is 13.9. The van der Waals surface area contributed by atoms with Gasteiger partial charge in [-0.05, 0) is 0 Å². The van der Waals surface area contributed by atoms with Crippen LogP contribution in [0, 0.1) is 0 Å². The minimum absolute atomic E-state index is 0.0336. The molecule has 1 aromatic carbocycles. The molecule has 0 aliphatic rings. The van der Waals surface area contributed by atoms with E-state index in [0.29, 0.717) is 13.8 Å². The average molecular weight is 405 g/mol. The zero-order chi connectivity index (χ0) is 17.8. The average Bonchev–Trinajstić information content (AvgIpc) is 3.44. The van der Waals surface area contributed by atoms with Gasteiger partial charge in [0.05, 0.1) is 0 Å². The number of furan rings is 3. The Morgan fingerprint density at radius 2 is 1.19 bits per heavy atom. The summed E-state index contributed by atoms with van der Waals surface area (Å²) in [4.78, 5) is 13.6. The van der Waals surface area contributed by atoms with Crippen LogP contribution < -0.4 is 13.8 Å². The predicted molar refractivity (Wildman–Crippen MR) is 101 cm³/mol. The monoisotopic (exact) mass is 406 g/mol. The molecule has 3 aromatic heterocycles. The molecule has 4 rings (SSSR count). The van der Waals surface area contributed by atoms with E-state index in [9.17, 15) is 4.79 Å². The number of benzene rings is 1. The van der Waals surface area contributed by atoms with Gasteiger partial charge in [0.1, 0.15) is 0 Å².